The van der Waals surface area contributed by atoms with Crippen LogP contribution < -0.4 is 5.32 Å². The molecule has 1 amide bonds. The Hall–Kier alpha value is -1.89. The average Bonchev–Trinajstić information content (AvgIpc) is 2.29. The minimum Gasteiger partial charge on any atom is -0.304 e. The lowest BCUT2D eigenvalue weighted by molar-refractivity contribution is 0.101. The Morgan fingerprint density at radius 1 is 1.29 bits per heavy atom. The second-order valence-electron chi connectivity index (χ2n) is 3.02. The van der Waals surface area contributed by atoms with Gasteiger partial charge in [0.05, 0.1) is 4.47 Å². The van der Waals surface area contributed by atoms with E-state index < -0.39 is 11.9 Å². The van der Waals surface area contributed by atoms with Crippen molar-refractivity contribution in [3.8, 4) is 0 Å². The molecule has 17 heavy (non-hydrogen) atoms. The van der Waals surface area contributed by atoms with Gasteiger partial charge in [-0.15, -0.1) is 0 Å². The van der Waals surface area contributed by atoms with E-state index in [1.54, 1.807) is 0 Å². The van der Waals surface area contributed by atoms with Crippen LogP contribution in [0.5, 0.6) is 0 Å². The third kappa shape index (κ3) is 3.04. The predicted octanol–water partition coefficient (Wildman–Crippen LogP) is 2.03. The van der Waals surface area contributed by atoms with Gasteiger partial charge in [-0.3, -0.25) is 4.79 Å². The summed E-state index contributed by atoms with van der Waals surface area (Å²) in [6.07, 6.45) is 2.89. The Balaban J connectivity index is 2.14. The highest BCUT2D eigenvalue weighted by atomic mass is 79.9. The van der Waals surface area contributed by atoms with Gasteiger partial charge in [0.15, 0.2) is 0 Å². The van der Waals surface area contributed by atoms with E-state index in [0.29, 0.717) is 4.47 Å². The van der Waals surface area contributed by atoms with E-state index in [1.807, 2.05) is 0 Å². The normalized spacial score (nSPS) is 10.0. The zero-order valence-corrected chi connectivity index (χ0v) is 9.98. The number of anilines is 1. The standard InChI is InChI=1S/C10H6BrFN4O/c11-6-4-13-9(14-5-6)10(17)16-8-3-1-2-7(12)15-8/h1-5H,(H,15,16,17). The quantitative estimate of drug-likeness (QED) is 0.861. The molecule has 7 heteroatoms. The third-order valence-corrected chi connectivity index (χ3v) is 2.19. The minimum absolute atomic E-state index is 0.0146. The molecule has 0 atom stereocenters. The summed E-state index contributed by atoms with van der Waals surface area (Å²) in [7, 11) is 0. The highest BCUT2D eigenvalue weighted by Crippen LogP contribution is 2.07. The lowest BCUT2D eigenvalue weighted by atomic mass is 10.4. The molecule has 0 spiro atoms. The summed E-state index contributed by atoms with van der Waals surface area (Å²) in [6, 6.07) is 4.10. The Kier molecular flexibility index (Phi) is 3.38. The number of carbonyl (C=O) groups excluding carboxylic acids is 1. The van der Waals surface area contributed by atoms with Crippen molar-refractivity contribution < 1.29 is 9.18 Å². The molecule has 0 bridgehead atoms. The van der Waals surface area contributed by atoms with Crippen LogP contribution in [0.2, 0.25) is 0 Å². The van der Waals surface area contributed by atoms with Crippen molar-refractivity contribution in [3.63, 3.8) is 0 Å². The first-order chi connectivity index (χ1) is 8.15. The minimum atomic E-state index is -0.667. The van der Waals surface area contributed by atoms with Crippen LogP contribution in [0.1, 0.15) is 10.6 Å². The second kappa shape index (κ2) is 4.96. The molecule has 2 heterocycles. The van der Waals surface area contributed by atoms with E-state index in [2.05, 4.69) is 36.2 Å². The largest absolute Gasteiger partial charge is 0.304 e. The van der Waals surface area contributed by atoms with Crippen LogP contribution in [0.4, 0.5) is 10.2 Å². The van der Waals surface area contributed by atoms with Gasteiger partial charge in [0.1, 0.15) is 5.82 Å². The van der Waals surface area contributed by atoms with Crippen LogP contribution >= 0.6 is 15.9 Å². The molecule has 0 radical (unpaired) electrons. The van der Waals surface area contributed by atoms with Gasteiger partial charge in [-0.1, -0.05) is 6.07 Å². The smallest absolute Gasteiger partial charge is 0.294 e. The highest BCUT2D eigenvalue weighted by molar-refractivity contribution is 9.10. The summed E-state index contributed by atoms with van der Waals surface area (Å²) in [5.74, 6) is -1.11. The van der Waals surface area contributed by atoms with E-state index in [4.69, 9.17) is 0 Å². The molecule has 0 saturated heterocycles. The van der Waals surface area contributed by atoms with Gasteiger partial charge in [0, 0.05) is 12.4 Å². The van der Waals surface area contributed by atoms with Crippen LogP contribution in [0, 0.1) is 5.95 Å². The van der Waals surface area contributed by atoms with Crippen molar-refractivity contribution in [2.75, 3.05) is 5.32 Å². The molecule has 0 aliphatic rings. The number of pyridine rings is 1. The lowest BCUT2D eigenvalue weighted by Crippen LogP contribution is -2.16. The van der Waals surface area contributed by atoms with Crippen molar-refractivity contribution in [2.24, 2.45) is 0 Å². The number of aromatic nitrogens is 3. The molecule has 0 aliphatic heterocycles. The number of rotatable bonds is 2. The fourth-order valence-electron chi connectivity index (χ4n) is 1.08. The summed E-state index contributed by atoms with van der Waals surface area (Å²) in [5, 5.41) is 2.39. The molecule has 0 unspecified atom stereocenters. The summed E-state index contributed by atoms with van der Waals surface area (Å²) in [6.45, 7) is 0. The van der Waals surface area contributed by atoms with Crippen molar-refractivity contribution in [3.05, 3.63) is 46.8 Å². The van der Waals surface area contributed by atoms with Gasteiger partial charge in [0.2, 0.25) is 11.8 Å². The summed E-state index contributed by atoms with van der Waals surface area (Å²) in [5.41, 5.74) is 0. The van der Waals surface area contributed by atoms with E-state index >= 15 is 0 Å². The van der Waals surface area contributed by atoms with Crippen LogP contribution in [0.25, 0.3) is 0 Å². The SMILES string of the molecule is O=C(Nc1cccc(F)n1)c1ncc(Br)cn1. The van der Waals surface area contributed by atoms with Crippen LogP contribution in [0.3, 0.4) is 0 Å². The van der Waals surface area contributed by atoms with E-state index in [-0.39, 0.29) is 11.6 Å². The molecule has 0 saturated carbocycles. The van der Waals surface area contributed by atoms with Crippen molar-refractivity contribution in [1.29, 1.82) is 0 Å². The van der Waals surface area contributed by atoms with Crippen molar-refractivity contribution in [1.82, 2.24) is 15.0 Å². The Labute approximate surface area is 104 Å². The zero-order valence-electron chi connectivity index (χ0n) is 8.39. The topological polar surface area (TPSA) is 67.8 Å². The molecular formula is C10H6BrFN4O. The number of carbonyl (C=O) groups is 1. The lowest BCUT2D eigenvalue weighted by Gasteiger charge is -2.02. The molecule has 0 aliphatic carbocycles. The number of nitrogens with zero attached hydrogens (tertiary/aromatic N) is 3. The zero-order chi connectivity index (χ0) is 12.3. The second-order valence-corrected chi connectivity index (χ2v) is 3.94. The molecular weight excluding hydrogens is 291 g/mol. The number of hydrogen-bond acceptors (Lipinski definition) is 4. The van der Waals surface area contributed by atoms with Gasteiger partial charge in [-0.05, 0) is 28.1 Å². The Morgan fingerprint density at radius 3 is 2.65 bits per heavy atom. The van der Waals surface area contributed by atoms with E-state index in [0.717, 1.165) is 0 Å². The van der Waals surface area contributed by atoms with Gasteiger partial charge in [-0.25, -0.2) is 15.0 Å². The number of hydrogen-bond donors (Lipinski definition) is 1. The van der Waals surface area contributed by atoms with E-state index in [1.165, 1.54) is 30.6 Å². The Bertz CT molecular complexity index is 546. The molecule has 5 nitrogen and oxygen atoms in total. The molecule has 0 aromatic carbocycles. The van der Waals surface area contributed by atoms with Gasteiger partial charge < -0.3 is 5.32 Å². The average molecular weight is 297 g/mol. The first-order valence-electron chi connectivity index (χ1n) is 4.56. The monoisotopic (exact) mass is 296 g/mol. The van der Waals surface area contributed by atoms with Crippen LogP contribution in [-0.4, -0.2) is 20.9 Å². The number of nitrogens with one attached hydrogen (secondary N) is 1. The molecule has 2 aromatic rings. The molecule has 0 fully saturated rings. The van der Waals surface area contributed by atoms with E-state index in [9.17, 15) is 9.18 Å². The first kappa shape index (κ1) is 11.6. The van der Waals surface area contributed by atoms with Gasteiger partial charge in [-0.2, -0.15) is 4.39 Å². The summed E-state index contributed by atoms with van der Waals surface area (Å²) >= 11 is 3.15. The van der Waals surface area contributed by atoms with Gasteiger partial charge >= 0.3 is 0 Å². The third-order valence-electron chi connectivity index (χ3n) is 1.78. The summed E-state index contributed by atoms with van der Waals surface area (Å²) < 4.78 is 13.4. The molecule has 86 valence electrons. The molecule has 2 aromatic heterocycles. The maximum absolute atomic E-state index is 12.8. The first-order valence-corrected chi connectivity index (χ1v) is 5.36. The highest BCUT2D eigenvalue weighted by Gasteiger charge is 2.09. The van der Waals surface area contributed by atoms with Crippen molar-refractivity contribution >= 4 is 27.7 Å². The van der Waals surface area contributed by atoms with Crippen LogP contribution in [0.15, 0.2) is 35.1 Å². The molecule has 1 N–H and O–H groups in total. The fraction of sp³-hybridized carbons (Fsp3) is 0. The number of halogens is 2. The summed E-state index contributed by atoms with van der Waals surface area (Å²) in [4.78, 5) is 22.7. The molecule has 2 rings (SSSR count). The fourth-order valence-corrected chi connectivity index (χ4v) is 1.28. The van der Waals surface area contributed by atoms with Crippen molar-refractivity contribution in [2.45, 2.75) is 0 Å². The maximum Gasteiger partial charge on any atom is 0.294 e. The Morgan fingerprint density at radius 2 is 2.00 bits per heavy atom. The van der Waals surface area contributed by atoms with Gasteiger partial charge in [0.25, 0.3) is 5.91 Å². The predicted molar refractivity (Wildman–Crippen MR) is 61.9 cm³/mol. The maximum atomic E-state index is 12.8. The number of amides is 1. The van der Waals surface area contributed by atoms with Crippen LogP contribution in [-0.2, 0) is 0 Å².